The molecule has 0 aromatic heterocycles. The van der Waals surface area contributed by atoms with E-state index in [4.69, 9.17) is 14.2 Å². The van der Waals surface area contributed by atoms with Gasteiger partial charge in [-0.2, -0.15) is 0 Å². The molecule has 0 spiro atoms. The summed E-state index contributed by atoms with van der Waals surface area (Å²) in [4.78, 5) is 34.1. The van der Waals surface area contributed by atoms with Crippen LogP contribution in [0.3, 0.4) is 0 Å². The Kier molecular flexibility index (Phi) is 7.32. The van der Waals surface area contributed by atoms with Crippen molar-refractivity contribution in [2.24, 2.45) is 0 Å². The Balaban J connectivity index is 1.86. The van der Waals surface area contributed by atoms with E-state index in [9.17, 15) is 19.7 Å². The second-order valence-electron chi connectivity index (χ2n) is 5.60. The Morgan fingerprint density at radius 1 is 1.14 bits per heavy atom. The molecule has 0 radical (unpaired) electrons. The van der Waals surface area contributed by atoms with Crippen molar-refractivity contribution in [3.05, 3.63) is 58.1 Å². The average molecular weight is 388 g/mol. The third kappa shape index (κ3) is 5.97. The van der Waals surface area contributed by atoms with Crippen molar-refractivity contribution in [3.63, 3.8) is 0 Å². The van der Waals surface area contributed by atoms with Crippen LogP contribution in [0, 0.1) is 10.1 Å². The summed E-state index contributed by atoms with van der Waals surface area (Å²) in [5.41, 5.74) is 0.795. The van der Waals surface area contributed by atoms with Crippen molar-refractivity contribution in [3.8, 4) is 11.5 Å². The van der Waals surface area contributed by atoms with E-state index in [2.05, 4.69) is 5.32 Å². The second-order valence-corrected chi connectivity index (χ2v) is 5.60. The fourth-order valence-corrected chi connectivity index (χ4v) is 2.32. The molecule has 0 aliphatic heterocycles. The number of hydrogen-bond donors (Lipinski definition) is 1. The average Bonchev–Trinajstić information content (AvgIpc) is 2.68. The van der Waals surface area contributed by atoms with E-state index >= 15 is 0 Å². The molecule has 0 saturated carbocycles. The van der Waals surface area contributed by atoms with E-state index in [0.717, 1.165) is 5.56 Å². The third-order valence-corrected chi connectivity index (χ3v) is 3.62. The van der Waals surface area contributed by atoms with Crippen LogP contribution in [0.4, 0.5) is 11.4 Å². The number of ether oxygens (including phenoxy) is 3. The number of nitro benzene ring substituents is 1. The van der Waals surface area contributed by atoms with Crippen LogP contribution in [0.2, 0.25) is 0 Å². The van der Waals surface area contributed by atoms with Gasteiger partial charge in [0.25, 0.3) is 11.6 Å². The molecule has 0 fully saturated rings. The van der Waals surface area contributed by atoms with Gasteiger partial charge in [-0.05, 0) is 30.7 Å². The maximum absolute atomic E-state index is 12.0. The number of carbonyl (C=O) groups excluding carboxylic acids is 2. The van der Waals surface area contributed by atoms with Gasteiger partial charge in [0.15, 0.2) is 6.61 Å². The molecule has 1 N–H and O–H groups in total. The molecule has 0 atom stereocenters. The van der Waals surface area contributed by atoms with E-state index in [1.165, 1.54) is 25.3 Å². The molecular formula is C19H20N2O7. The van der Waals surface area contributed by atoms with Gasteiger partial charge < -0.3 is 19.5 Å². The number of hydrogen-bond acceptors (Lipinski definition) is 7. The van der Waals surface area contributed by atoms with Crippen molar-refractivity contribution in [1.82, 2.24) is 0 Å². The molecule has 0 heterocycles. The SMILES string of the molecule is CCOc1ccc(CC(=O)OCC(=O)Nc2ccc([N+](=O)[O-])cc2OC)cc1. The quantitative estimate of drug-likeness (QED) is 0.399. The van der Waals surface area contributed by atoms with E-state index in [-0.39, 0.29) is 23.5 Å². The Morgan fingerprint density at radius 3 is 2.46 bits per heavy atom. The normalized spacial score (nSPS) is 10.1. The van der Waals surface area contributed by atoms with Crippen LogP contribution >= 0.6 is 0 Å². The summed E-state index contributed by atoms with van der Waals surface area (Å²) in [6, 6.07) is 10.8. The number of carbonyl (C=O) groups is 2. The van der Waals surface area contributed by atoms with Crippen LogP contribution in [0.15, 0.2) is 42.5 Å². The number of esters is 1. The van der Waals surface area contributed by atoms with Gasteiger partial charge in [0.05, 0.1) is 36.8 Å². The maximum Gasteiger partial charge on any atom is 0.310 e. The highest BCUT2D eigenvalue weighted by molar-refractivity contribution is 5.94. The van der Waals surface area contributed by atoms with Crippen LogP contribution in [0.5, 0.6) is 11.5 Å². The molecule has 0 aliphatic carbocycles. The van der Waals surface area contributed by atoms with Gasteiger partial charge in [-0.25, -0.2) is 0 Å². The number of nitrogens with one attached hydrogen (secondary N) is 1. The third-order valence-electron chi connectivity index (χ3n) is 3.62. The molecular weight excluding hydrogens is 368 g/mol. The number of nitro groups is 1. The first-order valence-electron chi connectivity index (χ1n) is 8.42. The highest BCUT2D eigenvalue weighted by atomic mass is 16.6. The summed E-state index contributed by atoms with van der Waals surface area (Å²) < 4.78 is 15.3. The zero-order valence-electron chi connectivity index (χ0n) is 15.5. The summed E-state index contributed by atoms with van der Waals surface area (Å²) >= 11 is 0. The first-order chi connectivity index (χ1) is 13.4. The number of amides is 1. The molecule has 2 aromatic carbocycles. The van der Waals surface area contributed by atoms with Gasteiger partial charge in [0.2, 0.25) is 0 Å². The molecule has 2 rings (SSSR count). The molecule has 0 saturated heterocycles. The van der Waals surface area contributed by atoms with E-state index in [1.54, 1.807) is 24.3 Å². The highest BCUT2D eigenvalue weighted by Gasteiger charge is 2.14. The minimum absolute atomic E-state index is 0.0144. The van der Waals surface area contributed by atoms with Crippen LogP contribution < -0.4 is 14.8 Å². The molecule has 9 nitrogen and oxygen atoms in total. The lowest BCUT2D eigenvalue weighted by Gasteiger charge is -2.10. The smallest absolute Gasteiger partial charge is 0.310 e. The van der Waals surface area contributed by atoms with Gasteiger partial charge in [-0.3, -0.25) is 19.7 Å². The number of non-ortho nitro benzene ring substituents is 1. The second kappa shape index (κ2) is 9.91. The lowest BCUT2D eigenvalue weighted by atomic mass is 10.1. The van der Waals surface area contributed by atoms with Gasteiger partial charge in [-0.1, -0.05) is 12.1 Å². The topological polar surface area (TPSA) is 117 Å². The van der Waals surface area contributed by atoms with Crippen LogP contribution in [0.1, 0.15) is 12.5 Å². The summed E-state index contributed by atoms with van der Waals surface area (Å²) in [5, 5.41) is 13.3. The Morgan fingerprint density at radius 2 is 1.86 bits per heavy atom. The standard InChI is InChI=1S/C19H20N2O7/c1-3-27-15-7-4-13(5-8-15)10-19(23)28-12-18(22)20-16-9-6-14(21(24)25)11-17(16)26-2/h4-9,11H,3,10,12H2,1-2H3,(H,20,22). The predicted octanol–water partition coefficient (Wildman–Crippen LogP) is 2.73. The van der Waals surface area contributed by atoms with Gasteiger partial charge in [-0.15, -0.1) is 0 Å². The van der Waals surface area contributed by atoms with Crippen molar-refractivity contribution in [2.75, 3.05) is 25.6 Å². The molecule has 9 heteroatoms. The van der Waals surface area contributed by atoms with Crippen molar-refractivity contribution in [2.45, 2.75) is 13.3 Å². The molecule has 0 unspecified atom stereocenters. The van der Waals surface area contributed by atoms with Crippen molar-refractivity contribution in [1.29, 1.82) is 0 Å². The fourth-order valence-electron chi connectivity index (χ4n) is 2.32. The highest BCUT2D eigenvalue weighted by Crippen LogP contribution is 2.28. The minimum atomic E-state index is -0.591. The van der Waals surface area contributed by atoms with Gasteiger partial charge >= 0.3 is 5.97 Å². The first-order valence-corrected chi connectivity index (χ1v) is 8.42. The zero-order chi connectivity index (χ0) is 20.5. The molecule has 28 heavy (non-hydrogen) atoms. The van der Waals surface area contributed by atoms with Gasteiger partial charge in [0, 0.05) is 6.07 Å². The number of benzene rings is 2. The number of nitrogens with zero attached hydrogens (tertiary/aromatic N) is 1. The lowest BCUT2D eigenvalue weighted by Crippen LogP contribution is -2.22. The van der Waals surface area contributed by atoms with Crippen molar-refractivity contribution < 1.29 is 28.7 Å². The van der Waals surface area contributed by atoms with Crippen molar-refractivity contribution >= 4 is 23.3 Å². The van der Waals surface area contributed by atoms with E-state index < -0.39 is 23.4 Å². The Labute approximate surface area is 161 Å². The lowest BCUT2D eigenvalue weighted by molar-refractivity contribution is -0.384. The Hall–Kier alpha value is -3.62. The summed E-state index contributed by atoms with van der Waals surface area (Å²) in [7, 11) is 1.32. The number of rotatable bonds is 9. The van der Waals surface area contributed by atoms with E-state index in [0.29, 0.717) is 12.4 Å². The minimum Gasteiger partial charge on any atom is -0.494 e. The van der Waals surface area contributed by atoms with Crippen LogP contribution in [0.25, 0.3) is 0 Å². The molecule has 0 aliphatic rings. The van der Waals surface area contributed by atoms with Crippen LogP contribution in [-0.4, -0.2) is 37.1 Å². The summed E-state index contributed by atoms with van der Waals surface area (Å²) in [5.74, 6) is -0.318. The molecule has 148 valence electrons. The maximum atomic E-state index is 12.0. The molecule has 0 bridgehead atoms. The van der Waals surface area contributed by atoms with E-state index in [1.807, 2.05) is 6.92 Å². The zero-order valence-corrected chi connectivity index (χ0v) is 15.5. The molecule has 1 amide bonds. The van der Waals surface area contributed by atoms with Crippen LogP contribution in [-0.2, 0) is 20.7 Å². The fraction of sp³-hybridized carbons (Fsp3) is 0.263. The Bertz CT molecular complexity index is 850. The first kappa shape index (κ1) is 20.7. The monoisotopic (exact) mass is 388 g/mol. The number of methoxy groups -OCH3 is 1. The summed E-state index contributed by atoms with van der Waals surface area (Å²) in [6.07, 6.45) is 0.0144. The summed E-state index contributed by atoms with van der Waals surface area (Å²) in [6.45, 7) is 1.94. The predicted molar refractivity (Wildman–Crippen MR) is 101 cm³/mol. The largest absolute Gasteiger partial charge is 0.494 e. The van der Waals surface area contributed by atoms with Gasteiger partial charge in [0.1, 0.15) is 11.5 Å². The molecule has 2 aromatic rings. The number of anilines is 1.